The third-order valence-electron chi connectivity index (χ3n) is 15.2. The first-order valence-electron chi connectivity index (χ1n) is 26.0. The van der Waals surface area contributed by atoms with Crippen molar-refractivity contribution in [2.45, 2.75) is 83.1 Å². The molecule has 0 aliphatic carbocycles. The zero-order chi connectivity index (χ0) is 51.7. The molecule has 0 unspecified atom stereocenters. The Labute approximate surface area is 437 Å². The van der Waals surface area contributed by atoms with Gasteiger partial charge in [-0.15, -0.1) is 0 Å². The number of benzene rings is 7. The molecule has 0 atom stereocenters. The van der Waals surface area contributed by atoms with Gasteiger partial charge < -0.3 is 0 Å². The number of aryl methyl sites for hydroxylation is 12. The monoisotopic (exact) mass is 958 g/mol. The van der Waals surface area contributed by atoms with E-state index in [-0.39, 0.29) is 0 Å². The van der Waals surface area contributed by atoms with Gasteiger partial charge in [-0.1, -0.05) is 150 Å². The van der Waals surface area contributed by atoms with Gasteiger partial charge in [-0.25, -0.2) is 15.0 Å². The van der Waals surface area contributed by atoms with Crippen molar-refractivity contribution in [2.24, 2.45) is 0 Å². The molecular formula is C71H63N3. The average molecular weight is 958 g/mol. The van der Waals surface area contributed by atoms with Gasteiger partial charge in [0.1, 0.15) is 0 Å². The van der Waals surface area contributed by atoms with E-state index in [2.05, 4.69) is 247 Å². The second-order valence-corrected chi connectivity index (χ2v) is 21.1. The molecule has 0 amide bonds. The van der Waals surface area contributed by atoms with Gasteiger partial charge in [0.15, 0.2) is 0 Å². The largest absolute Gasteiger partial charge is 0.248 e. The quantitative estimate of drug-likeness (QED) is 0.173. The fourth-order valence-electron chi connectivity index (χ4n) is 12.5. The molecule has 0 saturated carbocycles. The summed E-state index contributed by atoms with van der Waals surface area (Å²) in [5.41, 5.74) is 31.6. The van der Waals surface area contributed by atoms with Crippen LogP contribution in [0.5, 0.6) is 0 Å². The Bertz CT molecular complexity index is 3690. The van der Waals surface area contributed by atoms with Gasteiger partial charge >= 0.3 is 0 Å². The summed E-state index contributed by atoms with van der Waals surface area (Å²) in [5.74, 6) is 0. The number of nitrogens with zero attached hydrogens (tertiary/aromatic N) is 3. The Morgan fingerprint density at radius 1 is 0.216 bits per heavy atom. The molecule has 10 bridgehead atoms. The smallest absolute Gasteiger partial charge is 0.0738 e. The Morgan fingerprint density at radius 3 is 0.635 bits per heavy atom. The van der Waals surface area contributed by atoms with E-state index in [0.29, 0.717) is 0 Å². The summed E-state index contributed by atoms with van der Waals surface area (Å²) in [7, 11) is 0. The SMILES string of the molecule is Cc1cc(C)c(-c2c3nc(c(-c4ccccc4)c4nc(c(-c5c(C)cc(C)cc5C)c5ccc(cc5)c(-c5c(C)cc(C)cc5C)c5nc(c(-c6c(C)cc(C)cc6C)c6ccc2cc6)C=C5)C=C4)C=C3)c(C)c1. The van der Waals surface area contributed by atoms with Crippen LogP contribution in [0, 0.1) is 83.1 Å². The van der Waals surface area contributed by atoms with Crippen molar-refractivity contribution in [1.82, 2.24) is 15.0 Å². The summed E-state index contributed by atoms with van der Waals surface area (Å²) in [4.78, 5) is 17.0. The second kappa shape index (κ2) is 19.0. The van der Waals surface area contributed by atoms with E-state index in [4.69, 9.17) is 15.0 Å². The maximum atomic E-state index is 5.72. The average Bonchev–Trinajstić information content (AvgIpc) is 4.15. The first kappa shape index (κ1) is 48.0. The van der Waals surface area contributed by atoms with Crippen LogP contribution in [-0.2, 0) is 0 Å². The predicted molar refractivity (Wildman–Crippen MR) is 319 cm³/mol. The maximum absolute atomic E-state index is 5.72. The molecule has 0 spiro atoms. The summed E-state index contributed by atoms with van der Waals surface area (Å²) in [5, 5.41) is 4.43. The Balaban J connectivity index is 1.36. The molecule has 0 N–H and O–H groups in total. The summed E-state index contributed by atoms with van der Waals surface area (Å²) in [6.45, 7) is 26.6. The molecule has 7 heterocycles. The first-order valence-corrected chi connectivity index (χ1v) is 26.0. The van der Waals surface area contributed by atoms with Crippen LogP contribution >= 0.6 is 0 Å². The van der Waals surface area contributed by atoms with Crippen LogP contribution in [0.4, 0.5) is 0 Å². The Morgan fingerprint density at radius 2 is 0.419 bits per heavy atom. The Hall–Kier alpha value is -8.27. The highest BCUT2D eigenvalue weighted by Crippen LogP contribution is 2.43. The third kappa shape index (κ3) is 8.60. The number of hydrogen-bond acceptors (Lipinski definition) is 3. The first-order chi connectivity index (χ1) is 35.6. The molecule has 74 heavy (non-hydrogen) atoms. The lowest BCUT2D eigenvalue weighted by Crippen LogP contribution is -1.96. The molecule has 3 nitrogen and oxygen atoms in total. The Kier molecular flexibility index (Phi) is 12.3. The highest BCUT2D eigenvalue weighted by molar-refractivity contribution is 6.02. The molecule has 0 saturated heterocycles. The van der Waals surface area contributed by atoms with Crippen molar-refractivity contribution < 1.29 is 0 Å². The second-order valence-electron chi connectivity index (χ2n) is 21.1. The summed E-state index contributed by atoms with van der Waals surface area (Å²) in [6.07, 6.45) is 13.3. The minimum absolute atomic E-state index is 0.881. The zero-order valence-electron chi connectivity index (χ0n) is 44.9. The molecule has 0 fully saturated rings. The summed E-state index contributed by atoms with van der Waals surface area (Å²) < 4.78 is 0. The molecule has 362 valence electrons. The molecule has 7 aromatic carbocycles. The van der Waals surface area contributed by atoms with E-state index >= 15 is 0 Å². The van der Waals surface area contributed by atoms with Crippen molar-refractivity contribution in [3.05, 3.63) is 228 Å². The number of hydrogen-bond donors (Lipinski definition) is 0. The third-order valence-corrected chi connectivity index (χ3v) is 15.2. The standard InChI is InChI=1S/C71H63N3/c1-40-32-44(5)63(45(6)33-40)68-53-18-22-55(23-19-53)70(65-48(9)36-42(3)37-49(65)10)61-30-31-62(74-61)71(66-50(11)38-43(4)39-51(66)12)56-24-20-54(21-25-56)69(64-46(7)34-41(2)35-47(64)8)60-29-27-58(73-60)67(52-16-14-13-15-17-52)57-26-28-59(68)72-57/h13-39H,1-12H3. The lowest BCUT2D eigenvalue weighted by Gasteiger charge is -2.16. The van der Waals surface area contributed by atoms with Crippen LogP contribution in [0.15, 0.2) is 127 Å². The molecule has 4 aromatic heterocycles. The van der Waals surface area contributed by atoms with Gasteiger partial charge in [-0.05, 0) is 213 Å². The van der Waals surface area contributed by atoms with Crippen molar-refractivity contribution in [2.75, 3.05) is 0 Å². The highest BCUT2D eigenvalue weighted by atomic mass is 14.8. The van der Waals surface area contributed by atoms with Crippen LogP contribution in [0.3, 0.4) is 0 Å². The molecule has 3 heteroatoms. The van der Waals surface area contributed by atoms with Crippen LogP contribution in [-0.4, -0.2) is 15.0 Å². The fraction of sp³-hybridized carbons (Fsp3) is 0.169. The van der Waals surface area contributed by atoms with Gasteiger partial charge in [-0.2, -0.15) is 0 Å². The van der Waals surface area contributed by atoms with E-state index in [9.17, 15) is 0 Å². The van der Waals surface area contributed by atoms with Crippen molar-refractivity contribution in [1.29, 1.82) is 0 Å². The lowest BCUT2D eigenvalue weighted by atomic mass is 9.89. The summed E-state index contributed by atoms with van der Waals surface area (Å²) >= 11 is 0. The van der Waals surface area contributed by atoms with E-state index in [0.717, 1.165) is 89.1 Å². The molecule has 0 radical (unpaired) electrons. The maximum Gasteiger partial charge on any atom is 0.0738 e. The molecule has 14 rings (SSSR count). The number of rotatable bonds is 5. The normalized spacial score (nSPS) is 12.2. The zero-order valence-corrected chi connectivity index (χ0v) is 44.9. The number of aromatic nitrogens is 3. The van der Waals surface area contributed by atoms with Crippen LogP contribution in [0.1, 0.15) is 101 Å². The summed E-state index contributed by atoms with van der Waals surface area (Å²) in [6, 6.07) is 47.4. The molecule has 11 aromatic rings. The van der Waals surface area contributed by atoms with E-state index in [1.54, 1.807) is 0 Å². The topological polar surface area (TPSA) is 38.7 Å². The minimum Gasteiger partial charge on any atom is -0.248 e. The van der Waals surface area contributed by atoms with Gasteiger partial charge in [0, 0.05) is 27.8 Å². The van der Waals surface area contributed by atoms with Crippen LogP contribution in [0.2, 0.25) is 0 Å². The van der Waals surface area contributed by atoms with Crippen molar-refractivity contribution >= 4 is 58.0 Å². The van der Waals surface area contributed by atoms with E-state index < -0.39 is 0 Å². The predicted octanol–water partition coefficient (Wildman–Crippen LogP) is 19.0. The van der Waals surface area contributed by atoms with E-state index in [1.165, 1.54) is 89.0 Å². The van der Waals surface area contributed by atoms with Gasteiger partial charge in [-0.3, -0.25) is 0 Å². The molecule has 3 aliphatic rings. The molecule has 3 aliphatic heterocycles. The highest BCUT2D eigenvalue weighted by Gasteiger charge is 2.23. The minimum atomic E-state index is 0.881. The van der Waals surface area contributed by atoms with Crippen molar-refractivity contribution in [3.63, 3.8) is 0 Å². The van der Waals surface area contributed by atoms with Gasteiger partial charge in [0.25, 0.3) is 0 Å². The van der Waals surface area contributed by atoms with Gasteiger partial charge in [0.05, 0.1) is 34.2 Å². The van der Waals surface area contributed by atoms with Crippen LogP contribution < -0.4 is 0 Å². The van der Waals surface area contributed by atoms with Crippen LogP contribution in [0.25, 0.3) is 114 Å². The van der Waals surface area contributed by atoms with Gasteiger partial charge in [0.2, 0.25) is 0 Å². The molecular weight excluding hydrogens is 895 g/mol. The lowest BCUT2D eigenvalue weighted by molar-refractivity contribution is 1.26. The van der Waals surface area contributed by atoms with E-state index in [1.807, 2.05) is 0 Å². The fourth-order valence-corrected chi connectivity index (χ4v) is 12.5. The van der Waals surface area contributed by atoms with Crippen molar-refractivity contribution in [3.8, 4) is 55.6 Å².